The second-order valence-electron chi connectivity index (χ2n) is 5.23. The Morgan fingerprint density at radius 1 is 1.20 bits per heavy atom. The van der Waals surface area contributed by atoms with Crippen molar-refractivity contribution in [1.29, 1.82) is 0 Å². The third kappa shape index (κ3) is 3.39. The minimum absolute atomic E-state index is 0.616. The molecule has 4 nitrogen and oxygen atoms in total. The average Bonchev–Trinajstić information content (AvgIpc) is 3.02. The molecule has 3 heterocycles. The van der Waals surface area contributed by atoms with Crippen molar-refractivity contribution in [1.82, 2.24) is 10.3 Å². The summed E-state index contributed by atoms with van der Waals surface area (Å²) in [5, 5.41) is 3.62. The van der Waals surface area contributed by atoms with Gasteiger partial charge in [-0.25, -0.2) is 4.98 Å². The molecule has 2 aromatic heterocycles. The van der Waals surface area contributed by atoms with Crippen molar-refractivity contribution in [2.24, 2.45) is 0 Å². The second kappa shape index (κ2) is 6.57. The van der Waals surface area contributed by atoms with E-state index in [-0.39, 0.29) is 0 Å². The lowest BCUT2D eigenvalue weighted by Crippen LogP contribution is -2.43. The number of furan rings is 1. The first-order valence-electron chi connectivity index (χ1n) is 7.33. The summed E-state index contributed by atoms with van der Waals surface area (Å²) in [5.41, 5.74) is 0. The molecule has 0 amide bonds. The predicted octanol–water partition coefficient (Wildman–Crippen LogP) is 2.48. The van der Waals surface area contributed by atoms with Crippen LogP contribution in [0.1, 0.15) is 18.6 Å². The molecule has 4 heteroatoms. The maximum Gasteiger partial charge on any atom is 0.128 e. The summed E-state index contributed by atoms with van der Waals surface area (Å²) in [7, 11) is 0. The van der Waals surface area contributed by atoms with Crippen LogP contribution in [0.25, 0.3) is 0 Å². The minimum atomic E-state index is 0.616. The summed E-state index contributed by atoms with van der Waals surface area (Å²) in [6.45, 7) is 3.15. The summed E-state index contributed by atoms with van der Waals surface area (Å²) < 4.78 is 5.34. The third-order valence-electron chi connectivity index (χ3n) is 3.85. The van der Waals surface area contributed by atoms with Gasteiger partial charge in [-0.1, -0.05) is 6.07 Å². The van der Waals surface area contributed by atoms with Gasteiger partial charge in [-0.15, -0.1) is 0 Å². The normalized spacial score (nSPS) is 16.5. The fourth-order valence-corrected chi connectivity index (χ4v) is 2.71. The molecule has 20 heavy (non-hydrogen) atoms. The molecule has 0 aliphatic carbocycles. The molecule has 1 aliphatic rings. The Labute approximate surface area is 119 Å². The molecular formula is C16H21N3O. The van der Waals surface area contributed by atoms with Gasteiger partial charge in [0, 0.05) is 38.3 Å². The molecule has 0 spiro atoms. The van der Waals surface area contributed by atoms with Crippen molar-refractivity contribution in [3.63, 3.8) is 0 Å². The highest BCUT2D eigenvalue weighted by Gasteiger charge is 2.19. The Morgan fingerprint density at radius 2 is 2.10 bits per heavy atom. The zero-order valence-corrected chi connectivity index (χ0v) is 11.7. The lowest BCUT2D eigenvalue weighted by molar-refractivity contribution is 0.407. The first-order valence-corrected chi connectivity index (χ1v) is 7.33. The van der Waals surface area contributed by atoms with Gasteiger partial charge < -0.3 is 14.6 Å². The number of nitrogens with one attached hydrogen (secondary N) is 1. The van der Waals surface area contributed by atoms with E-state index in [1.54, 1.807) is 6.26 Å². The molecule has 0 unspecified atom stereocenters. The van der Waals surface area contributed by atoms with Crippen LogP contribution in [0.4, 0.5) is 5.82 Å². The average molecular weight is 271 g/mol. The van der Waals surface area contributed by atoms with Crippen molar-refractivity contribution in [3.8, 4) is 0 Å². The minimum Gasteiger partial charge on any atom is -0.469 e. The Balaban J connectivity index is 1.40. The van der Waals surface area contributed by atoms with E-state index in [1.807, 2.05) is 24.4 Å². The fraction of sp³-hybridized carbons (Fsp3) is 0.438. The van der Waals surface area contributed by atoms with Crippen molar-refractivity contribution in [2.45, 2.75) is 25.3 Å². The molecule has 3 rings (SSSR count). The van der Waals surface area contributed by atoms with Crippen molar-refractivity contribution < 1.29 is 4.42 Å². The molecule has 0 atom stereocenters. The number of pyridine rings is 1. The predicted molar refractivity (Wildman–Crippen MR) is 79.9 cm³/mol. The number of rotatable bonds is 5. The Morgan fingerprint density at radius 3 is 2.80 bits per heavy atom. The van der Waals surface area contributed by atoms with Gasteiger partial charge in [0.15, 0.2) is 0 Å². The van der Waals surface area contributed by atoms with Crippen LogP contribution in [0.2, 0.25) is 0 Å². The summed E-state index contributed by atoms with van der Waals surface area (Å²) in [5.74, 6) is 2.16. The van der Waals surface area contributed by atoms with Gasteiger partial charge >= 0.3 is 0 Å². The summed E-state index contributed by atoms with van der Waals surface area (Å²) in [6, 6.07) is 10.7. The van der Waals surface area contributed by atoms with Crippen LogP contribution >= 0.6 is 0 Å². The molecule has 0 aromatic carbocycles. The smallest absolute Gasteiger partial charge is 0.128 e. The van der Waals surface area contributed by atoms with Gasteiger partial charge in [-0.05, 0) is 37.1 Å². The number of piperidine rings is 1. The van der Waals surface area contributed by atoms with Crippen molar-refractivity contribution in [3.05, 3.63) is 48.6 Å². The van der Waals surface area contributed by atoms with Crippen LogP contribution < -0.4 is 10.2 Å². The molecule has 1 saturated heterocycles. The van der Waals surface area contributed by atoms with E-state index in [0.29, 0.717) is 6.04 Å². The highest BCUT2D eigenvalue weighted by atomic mass is 16.3. The van der Waals surface area contributed by atoms with Gasteiger partial charge in [-0.2, -0.15) is 0 Å². The SMILES string of the molecule is c1ccc(N2CCC(NCCc3ccco3)CC2)nc1. The highest BCUT2D eigenvalue weighted by Crippen LogP contribution is 2.17. The fourth-order valence-electron chi connectivity index (χ4n) is 2.71. The molecular weight excluding hydrogens is 250 g/mol. The largest absolute Gasteiger partial charge is 0.469 e. The molecule has 0 saturated carbocycles. The van der Waals surface area contributed by atoms with Crippen LogP contribution in [0.3, 0.4) is 0 Å². The molecule has 2 aromatic rings. The maximum absolute atomic E-state index is 5.34. The van der Waals surface area contributed by atoms with E-state index in [2.05, 4.69) is 27.3 Å². The van der Waals surface area contributed by atoms with Gasteiger partial charge in [-0.3, -0.25) is 0 Å². The van der Waals surface area contributed by atoms with E-state index in [0.717, 1.165) is 37.6 Å². The number of aromatic nitrogens is 1. The molecule has 1 aliphatic heterocycles. The summed E-state index contributed by atoms with van der Waals surface area (Å²) in [4.78, 5) is 6.78. The van der Waals surface area contributed by atoms with Crippen molar-refractivity contribution >= 4 is 5.82 Å². The quantitative estimate of drug-likeness (QED) is 0.907. The van der Waals surface area contributed by atoms with Gasteiger partial charge in [0.1, 0.15) is 11.6 Å². The summed E-state index contributed by atoms with van der Waals surface area (Å²) >= 11 is 0. The van der Waals surface area contributed by atoms with E-state index in [4.69, 9.17) is 4.42 Å². The van der Waals surface area contributed by atoms with Gasteiger partial charge in [0.05, 0.1) is 6.26 Å². The van der Waals surface area contributed by atoms with Gasteiger partial charge in [0.2, 0.25) is 0 Å². The molecule has 0 radical (unpaired) electrons. The van der Waals surface area contributed by atoms with E-state index >= 15 is 0 Å². The third-order valence-corrected chi connectivity index (χ3v) is 3.85. The highest BCUT2D eigenvalue weighted by molar-refractivity contribution is 5.38. The van der Waals surface area contributed by atoms with Gasteiger partial charge in [0.25, 0.3) is 0 Å². The zero-order valence-electron chi connectivity index (χ0n) is 11.7. The van der Waals surface area contributed by atoms with E-state index < -0.39 is 0 Å². The molecule has 1 fully saturated rings. The number of hydrogen-bond acceptors (Lipinski definition) is 4. The number of hydrogen-bond donors (Lipinski definition) is 1. The maximum atomic E-state index is 5.34. The lowest BCUT2D eigenvalue weighted by Gasteiger charge is -2.33. The van der Waals surface area contributed by atoms with Crippen LogP contribution in [0.5, 0.6) is 0 Å². The monoisotopic (exact) mass is 271 g/mol. The van der Waals surface area contributed by atoms with Crippen LogP contribution in [0, 0.1) is 0 Å². The number of nitrogens with zero attached hydrogens (tertiary/aromatic N) is 2. The lowest BCUT2D eigenvalue weighted by atomic mass is 10.0. The molecule has 106 valence electrons. The van der Waals surface area contributed by atoms with Crippen LogP contribution in [-0.2, 0) is 6.42 Å². The van der Waals surface area contributed by atoms with E-state index in [1.165, 1.54) is 12.8 Å². The first kappa shape index (κ1) is 13.2. The topological polar surface area (TPSA) is 41.3 Å². The second-order valence-corrected chi connectivity index (χ2v) is 5.23. The molecule has 0 bridgehead atoms. The Bertz CT molecular complexity index is 490. The van der Waals surface area contributed by atoms with Crippen LogP contribution in [0.15, 0.2) is 47.2 Å². The Hall–Kier alpha value is -1.81. The number of anilines is 1. The standard InChI is InChI=1S/C16H21N3O/c1-2-9-18-16(5-1)19-11-7-14(8-12-19)17-10-6-15-4-3-13-20-15/h1-5,9,13-14,17H,6-8,10-12H2. The van der Waals surface area contributed by atoms with Crippen molar-refractivity contribution in [2.75, 3.05) is 24.5 Å². The Kier molecular flexibility index (Phi) is 4.33. The zero-order chi connectivity index (χ0) is 13.6. The first-order chi connectivity index (χ1) is 9.92. The van der Waals surface area contributed by atoms with Crippen LogP contribution in [-0.4, -0.2) is 30.7 Å². The van der Waals surface area contributed by atoms with E-state index in [9.17, 15) is 0 Å². The molecule has 1 N–H and O–H groups in total. The summed E-state index contributed by atoms with van der Waals surface area (Å²) in [6.07, 6.45) is 6.92.